The number of aliphatic carboxylic acids is 1. The summed E-state index contributed by atoms with van der Waals surface area (Å²) in [6, 6.07) is 6.15. The monoisotopic (exact) mass is 651 g/mol. The average Bonchev–Trinajstić information content (AvgIpc) is 3.26. The number of ketones is 1. The highest BCUT2D eigenvalue weighted by Gasteiger charge is 2.11. The normalized spacial score (nSPS) is 11.5. The predicted octanol–water partition coefficient (Wildman–Crippen LogP) is 4.97. The van der Waals surface area contributed by atoms with E-state index in [4.69, 9.17) is 72.2 Å². The fourth-order valence-electron chi connectivity index (χ4n) is 2.61. The van der Waals surface area contributed by atoms with Crippen LogP contribution in [0.4, 0.5) is 5.69 Å². The lowest BCUT2D eigenvalue weighted by atomic mass is 10.1. The SMILES string of the molecule is CCOCC.Nc1cc(Cl)c(CO)c(Cl)c1.O=C(O)/C=C/C(=O)Cc1cc(Cl)c(CO)c(Cl)c1.O=C1C=CC(=O)O1. The van der Waals surface area contributed by atoms with Crippen LogP contribution < -0.4 is 5.73 Å². The molecular formula is C27H29Cl4NO9. The zero-order valence-electron chi connectivity index (χ0n) is 22.0. The number of carbonyl (C=O) groups is 4. The quantitative estimate of drug-likeness (QED) is 0.132. The smallest absolute Gasteiger partial charge is 0.338 e. The molecule has 0 amide bonds. The lowest BCUT2D eigenvalue weighted by Gasteiger charge is -2.06. The first kappa shape index (κ1) is 38.0. The summed E-state index contributed by atoms with van der Waals surface area (Å²) in [5.74, 6) is -2.72. The van der Waals surface area contributed by atoms with Gasteiger partial charge in [0.15, 0.2) is 5.78 Å². The first-order valence-electron chi connectivity index (χ1n) is 11.7. The summed E-state index contributed by atoms with van der Waals surface area (Å²) in [7, 11) is 0. The summed E-state index contributed by atoms with van der Waals surface area (Å²) < 4.78 is 8.81. The highest BCUT2D eigenvalue weighted by molar-refractivity contribution is 6.36. The summed E-state index contributed by atoms with van der Waals surface area (Å²) >= 11 is 23.2. The molecule has 2 aromatic carbocycles. The molecule has 0 aromatic heterocycles. The topological polar surface area (TPSA) is 173 Å². The van der Waals surface area contributed by atoms with Crippen LogP contribution in [0.25, 0.3) is 0 Å². The molecule has 0 radical (unpaired) electrons. The number of anilines is 1. The van der Waals surface area contributed by atoms with E-state index in [-0.39, 0.29) is 35.5 Å². The summed E-state index contributed by atoms with van der Waals surface area (Å²) in [4.78, 5) is 41.5. The standard InChI is InChI=1S/C12H10Cl2O4.C7H7Cl2NO.C4H2O3.C4H10O/c13-10-4-7(5-11(14)9(10)6-15)3-8(16)1-2-12(17)18;8-6-1-4(10)2-7(9)5(6)3-11;5-3-1-2-4(6)7-3;1-3-5-4-2/h1-2,4-5,15H,3,6H2,(H,17,18);1-2,11H,3,10H2;1-2H;3-4H2,1-2H3/b2-1+;;;. The molecule has 41 heavy (non-hydrogen) atoms. The number of aliphatic hydroxyl groups is 2. The average molecular weight is 653 g/mol. The molecule has 0 saturated heterocycles. The Kier molecular flexibility index (Phi) is 19.3. The minimum absolute atomic E-state index is 0.00503. The molecule has 0 saturated carbocycles. The number of hydrogen-bond donors (Lipinski definition) is 4. The maximum atomic E-state index is 11.4. The van der Waals surface area contributed by atoms with Crippen molar-refractivity contribution in [3.63, 3.8) is 0 Å². The number of esters is 2. The molecule has 1 heterocycles. The van der Waals surface area contributed by atoms with Gasteiger partial charge in [0.25, 0.3) is 0 Å². The maximum absolute atomic E-state index is 11.4. The largest absolute Gasteiger partial charge is 0.478 e. The molecule has 0 fully saturated rings. The van der Waals surface area contributed by atoms with Gasteiger partial charge in [-0.25, -0.2) is 14.4 Å². The van der Waals surface area contributed by atoms with Gasteiger partial charge in [0.05, 0.1) is 13.2 Å². The molecule has 5 N–H and O–H groups in total. The van der Waals surface area contributed by atoms with Crippen LogP contribution in [0.15, 0.2) is 48.6 Å². The van der Waals surface area contributed by atoms with Crippen LogP contribution in [0.2, 0.25) is 20.1 Å². The third kappa shape index (κ3) is 16.2. The second kappa shape index (κ2) is 20.8. The fourth-order valence-corrected chi connectivity index (χ4v) is 3.89. The Balaban J connectivity index is 0.000000587. The van der Waals surface area contributed by atoms with Crippen molar-refractivity contribution in [2.24, 2.45) is 0 Å². The molecule has 0 spiro atoms. The number of carboxylic acid groups (broad SMARTS) is 1. The van der Waals surface area contributed by atoms with E-state index < -0.39 is 17.9 Å². The molecule has 2 aromatic rings. The molecule has 3 rings (SSSR count). The van der Waals surface area contributed by atoms with Crippen molar-refractivity contribution in [1.82, 2.24) is 0 Å². The number of ether oxygens (including phenoxy) is 2. The summed E-state index contributed by atoms with van der Waals surface area (Å²) in [6.45, 7) is 5.21. The van der Waals surface area contributed by atoms with Crippen LogP contribution in [0.1, 0.15) is 30.5 Å². The number of nitrogen functional groups attached to an aromatic ring is 1. The Morgan fingerprint density at radius 3 is 1.54 bits per heavy atom. The number of allylic oxidation sites excluding steroid dienone is 1. The Labute approximate surface area is 256 Å². The van der Waals surface area contributed by atoms with Crippen molar-refractivity contribution in [3.05, 3.63) is 85.4 Å². The van der Waals surface area contributed by atoms with Crippen molar-refractivity contribution in [2.45, 2.75) is 33.5 Å². The van der Waals surface area contributed by atoms with Crippen LogP contribution in [0, 0.1) is 0 Å². The summed E-state index contributed by atoms with van der Waals surface area (Å²) in [5.41, 5.74) is 7.40. The minimum Gasteiger partial charge on any atom is -0.478 e. The van der Waals surface area contributed by atoms with Gasteiger partial charge in [0, 0.05) is 74.8 Å². The second-order valence-corrected chi connectivity index (χ2v) is 9.12. The van der Waals surface area contributed by atoms with Gasteiger partial charge in [-0.15, -0.1) is 0 Å². The Morgan fingerprint density at radius 2 is 1.24 bits per heavy atom. The third-order valence-corrected chi connectivity index (χ3v) is 5.78. The van der Waals surface area contributed by atoms with Gasteiger partial charge >= 0.3 is 17.9 Å². The van der Waals surface area contributed by atoms with Crippen molar-refractivity contribution in [3.8, 4) is 0 Å². The molecule has 0 unspecified atom stereocenters. The van der Waals surface area contributed by atoms with Gasteiger partial charge in [-0.2, -0.15) is 0 Å². The van der Waals surface area contributed by atoms with Crippen LogP contribution >= 0.6 is 46.4 Å². The molecule has 224 valence electrons. The molecule has 0 bridgehead atoms. The molecule has 1 aliphatic rings. The van der Waals surface area contributed by atoms with E-state index in [0.717, 1.165) is 37.5 Å². The van der Waals surface area contributed by atoms with E-state index in [9.17, 15) is 19.2 Å². The van der Waals surface area contributed by atoms with Crippen LogP contribution in [-0.2, 0) is 48.3 Å². The van der Waals surface area contributed by atoms with Gasteiger partial charge in [-0.1, -0.05) is 46.4 Å². The summed E-state index contributed by atoms with van der Waals surface area (Å²) in [6.07, 6.45) is 3.91. The molecule has 14 heteroatoms. The van der Waals surface area contributed by atoms with E-state index >= 15 is 0 Å². The van der Waals surface area contributed by atoms with E-state index in [1.165, 1.54) is 12.1 Å². The highest BCUT2D eigenvalue weighted by Crippen LogP contribution is 2.28. The van der Waals surface area contributed by atoms with Crippen LogP contribution in [0.5, 0.6) is 0 Å². The van der Waals surface area contributed by atoms with Crippen molar-refractivity contribution >= 4 is 75.8 Å². The first-order valence-corrected chi connectivity index (χ1v) is 13.2. The van der Waals surface area contributed by atoms with Crippen molar-refractivity contribution in [1.29, 1.82) is 0 Å². The van der Waals surface area contributed by atoms with Crippen LogP contribution in [0.3, 0.4) is 0 Å². The number of nitrogens with two attached hydrogens (primary N) is 1. The number of hydrogen-bond acceptors (Lipinski definition) is 9. The number of rotatable bonds is 8. The fraction of sp³-hybridized carbons (Fsp3) is 0.259. The van der Waals surface area contributed by atoms with E-state index in [2.05, 4.69) is 4.74 Å². The first-order chi connectivity index (χ1) is 19.3. The predicted molar refractivity (Wildman–Crippen MR) is 157 cm³/mol. The number of halogens is 4. The van der Waals surface area contributed by atoms with Crippen molar-refractivity contribution in [2.75, 3.05) is 18.9 Å². The minimum atomic E-state index is -1.19. The molecule has 0 atom stereocenters. The Morgan fingerprint density at radius 1 is 0.829 bits per heavy atom. The van der Waals surface area contributed by atoms with Gasteiger partial charge in [-0.3, -0.25) is 4.79 Å². The molecule has 0 aliphatic carbocycles. The van der Waals surface area contributed by atoms with E-state index in [0.29, 0.717) is 32.4 Å². The zero-order valence-corrected chi connectivity index (χ0v) is 25.1. The number of cyclic esters (lactones) is 2. The molecule has 10 nitrogen and oxygen atoms in total. The van der Waals surface area contributed by atoms with Crippen molar-refractivity contribution < 1.29 is 44.0 Å². The lowest BCUT2D eigenvalue weighted by Crippen LogP contribution is -2.01. The highest BCUT2D eigenvalue weighted by atomic mass is 35.5. The Bertz CT molecular complexity index is 1200. The van der Waals surface area contributed by atoms with E-state index in [1.54, 1.807) is 12.1 Å². The molecule has 1 aliphatic heterocycles. The lowest BCUT2D eigenvalue weighted by molar-refractivity contribution is -0.150. The zero-order chi connectivity index (χ0) is 31.5. The Hall–Kier alpha value is -2.96. The van der Waals surface area contributed by atoms with E-state index in [1.807, 2.05) is 13.8 Å². The number of aliphatic hydroxyl groups excluding tert-OH is 2. The summed E-state index contributed by atoms with van der Waals surface area (Å²) in [5, 5.41) is 27.5. The van der Waals surface area contributed by atoms with Gasteiger partial charge in [0.2, 0.25) is 0 Å². The van der Waals surface area contributed by atoms with Gasteiger partial charge < -0.3 is 30.5 Å². The molecular weight excluding hydrogens is 624 g/mol. The van der Waals surface area contributed by atoms with Crippen LogP contribution in [-0.4, -0.2) is 52.2 Å². The maximum Gasteiger partial charge on any atom is 0.338 e. The van der Waals surface area contributed by atoms with Gasteiger partial charge in [0.1, 0.15) is 0 Å². The van der Waals surface area contributed by atoms with Gasteiger partial charge in [-0.05, 0) is 49.8 Å². The number of carbonyl (C=O) groups excluding carboxylic acids is 3. The third-order valence-electron chi connectivity index (χ3n) is 4.44. The second-order valence-electron chi connectivity index (χ2n) is 7.49. The number of benzene rings is 2. The number of carboxylic acids is 1.